The number of hydrogen-bond donors (Lipinski definition) is 0. The number of rotatable bonds is 7. The fourth-order valence-electron chi connectivity index (χ4n) is 5.48. The van der Waals surface area contributed by atoms with Crippen LogP contribution in [0.25, 0.3) is 17.1 Å². The summed E-state index contributed by atoms with van der Waals surface area (Å²) in [5.74, 6) is -0.0781. The van der Waals surface area contributed by atoms with Crippen LogP contribution >= 0.6 is 11.8 Å². The van der Waals surface area contributed by atoms with E-state index < -0.39 is 21.8 Å². The fourth-order valence-corrected chi connectivity index (χ4v) is 7.74. The molecule has 2 aliphatic heterocycles. The standard InChI is InChI=1S/C30H28F3N5O4S2/c1-20-16-21-6-2-3-11-26(21)37(20)27(39)19-43-29-35-34-28(38(29)24-9-5-8-23(18-24)30(31,32)33)22-7-4-10-25(17-22)44(40,41)36-12-14-42-15-13-36/h2-11,17-18,20H,12-16,19H2,1H3/t20-/m1/s1. The highest BCUT2D eigenvalue weighted by molar-refractivity contribution is 7.99. The van der Waals surface area contributed by atoms with Gasteiger partial charge in [0.15, 0.2) is 11.0 Å². The highest BCUT2D eigenvalue weighted by Crippen LogP contribution is 2.36. The zero-order valence-electron chi connectivity index (χ0n) is 23.6. The number of hydrogen-bond acceptors (Lipinski definition) is 7. The largest absolute Gasteiger partial charge is 0.416 e. The fraction of sp³-hybridized carbons (Fsp3) is 0.300. The van der Waals surface area contributed by atoms with Gasteiger partial charge < -0.3 is 9.64 Å². The summed E-state index contributed by atoms with van der Waals surface area (Å²) in [6.45, 7) is 2.95. The molecule has 6 rings (SSSR count). The number of para-hydroxylation sites is 1. The normalized spacial score (nSPS) is 17.5. The Morgan fingerprint density at radius 3 is 2.52 bits per heavy atom. The Morgan fingerprint density at radius 2 is 1.75 bits per heavy atom. The van der Waals surface area contributed by atoms with Crippen LogP contribution in [-0.4, -0.2) is 71.5 Å². The van der Waals surface area contributed by atoms with E-state index in [-0.39, 0.29) is 65.6 Å². The molecule has 3 heterocycles. The Labute approximate surface area is 256 Å². The molecule has 1 aromatic heterocycles. The summed E-state index contributed by atoms with van der Waals surface area (Å²) < 4.78 is 75.9. The van der Waals surface area contributed by atoms with E-state index in [1.54, 1.807) is 17.0 Å². The van der Waals surface area contributed by atoms with E-state index in [1.165, 1.54) is 33.1 Å². The molecule has 0 aliphatic carbocycles. The Balaban J connectivity index is 1.37. The van der Waals surface area contributed by atoms with Gasteiger partial charge in [-0.25, -0.2) is 8.42 Å². The zero-order chi connectivity index (χ0) is 31.1. The third-order valence-electron chi connectivity index (χ3n) is 7.57. The van der Waals surface area contributed by atoms with Gasteiger partial charge in [-0.2, -0.15) is 17.5 Å². The maximum absolute atomic E-state index is 13.7. The van der Waals surface area contributed by atoms with Crippen LogP contribution in [0, 0.1) is 0 Å². The molecule has 14 heteroatoms. The molecule has 0 spiro atoms. The summed E-state index contributed by atoms with van der Waals surface area (Å²) in [6.07, 6.45) is -3.88. The third kappa shape index (κ3) is 5.86. The number of ether oxygens (including phenoxy) is 1. The van der Waals surface area contributed by atoms with Crippen molar-refractivity contribution >= 4 is 33.4 Å². The van der Waals surface area contributed by atoms with E-state index in [2.05, 4.69) is 10.2 Å². The summed E-state index contributed by atoms with van der Waals surface area (Å²) in [5, 5.41) is 8.72. The minimum atomic E-state index is -4.60. The number of halogens is 3. The van der Waals surface area contributed by atoms with Crippen LogP contribution in [0.15, 0.2) is 82.8 Å². The number of benzene rings is 3. The van der Waals surface area contributed by atoms with Gasteiger partial charge in [0.2, 0.25) is 15.9 Å². The van der Waals surface area contributed by atoms with Gasteiger partial charge in [0.05, 0.1) is 35.1 Å². The lowest BCUT2D eigenvalue weighted by Gasteiger charge is -2.26. The van der Waals surface area contributed by atoms with Gasteiger partial charge in [-0.1, -0.05) is 48.2 Å². The van der Waals surface area contributed by atoms with Crippen molar-refractivity contribution in [2.24, 2.45) is 0 Å². The molecule has 0 N–H and O–H groups in total. The van der Waals surface area contributed by atoms with E-state index >= 15 is 0 Å². The summed E-state index contributed by atoms with van der Waals surface area (Å²) in [6, 6.07) is 18.4. The number of aromatic nitrogens is 3. The molecule has 4 aromatic rings. The topological polar surface area (TPSA) is 97.6 Å². The maximum Gasteiger partial charge on any atom is 0.416 e. The number of carbonyl (C=O) groups is 1. The first-order valence-corrected chi connectivity index (χ1v) is 16.3. The number of sulfonamides is 1. The van der Waals surface area contributed by atoms with Crippen LogP contribution in [0.4, 0.5) is 18.9 Å². The van der Waals surface area contributed by atoms with Crippen LogP contribution in [-0.2, 0) is 32.2 Å². The van der Waals surface area contributed by atoms with Crippen molar-refractivity contribution in [3.05, 3.63) is 83.9 Å². The van der Waals surface area contributed by atoms with E-state index in [0.29, 0.717) is 5.56 Å². The quantitative estimate of drug-likeness (QED) is 0.260. The Morgan fingerprint density at radius 1 is 1.00 bits per heavy atom. The van der Waals surface area contributed by atoms with Crippen LogP contribution in [0.3, 0.4) is 0 Å². The molecule has 1 amide bonds. The smallest absolute Gasteiger partial charge is 0.379 e. The number of fused-ring (bicyclic) bond motifs is 1. The van der Waals surface area contributed by atoms with Crippen molar-refractivity contribution < 1.29 is 31.1 Å². The molecule has 0 radical (unpaired) electrons. The molecule has 1 atom stereocenters. The molecular formula is C30H28F3N5O4S2. The molecule has 0 saturated carbocycles. The minimum Gasteiger partial charge on any atom is -0.379 e. The summed E-state index contributed by atoms with van der Waals surface area (Å²) in [4.78, 5) is 15.2. The van der Waals surface area contributed by atoms with Crippen molar-refractivity contribution in [2.75, 3.05) is 37.0 Å². The third-order valence-corrected chi connectivity index (χ3v) is 10.4. The number of thioether (sulfide) groups is 1. The first-order valence-electron chi connectivity index (χ1n) is 13.9. The number of morpholine rings is 1. The molecule has 2 aliphatic rings. The van der Waals surface area contributed by atoms with Crippen molar-refractivity contribution in [2.45, 2.75) is 35.6 Å². The predicted octanol–water partition coefficient (Wildman–Crippen LogP) is 5.04. The molecule has 1 saturated heterocycles. The number of alkyl halides is 3. The second kappa shape index (κ2) is 12.0. The molecule has 230 valence electrons. The number of anilines is 1. The molecule has 44 heavy (non-hydrogen) atoms. The maximum atomic E-state index is 13.7. The lowest BCUT2D eigenvalue weighted by Crippen LogP contribution is -2.40. The van der Waals surface area contributed by atoms with Gasteiger partial charge in [0.1, 0.15) is 0 Å². The second-order valence-electron chi connectivity index (χ2n) is 10.5. The molecular weight excluding hydrogens is 615 g/mol. The van der Waals surface area contributed by atoms with Crippen molar-refractivity contribution in [1.29, 1.82) is 0 Å². The van der Waals surface area contributed by atoms with E-state index in [9.17, 15) is 26.4 Å². The summed E-state index contributed by atoms with van der Waals surface area (Å²) in [5.41, 5.74) is 1.50. The Hall–Kier alpha value is -3.72. The van der Waals surface area contributed by atoms with Gasteiger partial charge in [-0.05, 0) is 55.3 Å². The van der Waals surface area contributed by atoms with E-state index in [1.807, 2.05) is 31.2 Å². The molecule has 3 aromatic carbocycles. The average molecular weight is 644 g/mol. The molecule has 0 unspecified atom stereocenters. The first kappa shape index (κ1) is 30.3. The summed E-state index contributed by atoms with van der Waals surface area (Å²) >= 11 is 1.05. The SMILES string of the molecule is C[C@@H]1Cc2ccccc2N1C(=O)CSc1nnc(-c2cccc(S(=O)(=O)N3CCOCC3)c2)n1-c1cccc(C(F)(F)F)c1. The monoisotopic (exact) mass is 643 g/mol. The van der Waals surface area contributed by atoms with Crippen molar-refractivity contribution in [1.82, 2.24) is 19.1 Å². The summed E-state index contributed by atoms with van der Waals surface area (Å²) in [7, 11) is -3.86. The lowest BCUT2D eigenvalue weighted by molar-refractivity contribution is -0.137. The predicted molar refractivity (Wildman–Crippen MR) is 159 cm³/mol. The minimum absolute atomic E-state index is 0.0153. The molecule has 1 fully saturated rings. The van der Waals surface area contributed by atoms with Gasteiger partial charge in [0, 0.05) is 30.4 Å². The zero-order valence-corrected chi connectivity index (χ0v) is 25.2. The van der Waals surface area contributed by atoms with Crippen LogP contribution in [0.5, 0.6) is 0 Å². The Kier molecular flexibility index (Phi) is 8.26. The highest BCUT2D eigenvalue weighted by atomic mass is 32.2. The van der Waals surface area contributed by atoms with Gasteiger partial charge in [-0.3, -0.25) is 9.36 Å². The number of nitrogens with zero attached hydrogens (tertiary/aromatic N) is 5. The molecule has 9 nitrogen and oxygen atoms in total. The van der Waals surface area contributed by atoms with Gasteiger partial charge in [0.25, 0.3) is 0 Å². The Bertz CT molecular complexity index is 1810. The van der Waals surface area contributed by atoms with Crippen LogP contribution in [0.2, 0.25) is 0 Å². The average Bonchev–Trinajstić information content (AvgIpc) is 3.60. The number of carbonyl (C=O) groups excluding carboxylic acids is 1. The van der Waals surface area contributed by atoms with E-state index in [0.717, 1.165) is 41.6 Å². The number of amides is 1. The van der Waals surface area contributed by atoms with Gasteiger partial charge >= 0.3 is 6.18 Å². The second-order valence-corrected chi connectivity index (χ2v) is 13.3. The highest BCUT2D eigenvalue weighted by Gasteiger charge is 2.33. The first-order chi connectivity index (χ1) is 21.0. The van der Waals surface area contributed by atoms with Crippen molar-refractivity contribution in [3.63, 3.8) is 0 Å². The molecule has 0 bridgehead atoms. The lowest BCUT2D eigenvalue weighted by atomic mass is 10.1. The van der Waals surface area contributed by atoms with E-state index in [4.69, 9.17) is 4.74 Å². The van der Waals surface area contributed by atoms with Crippen LogP contribution < -0.4 is 4.90 Å². The van der Waals surface area contributed by atoms with Crippen LogP contribution in [0.1, 0.15) is 18.1 Å². The van der Waals surface area contributed by atoms with Crippen molar-refractivity contribution in [3.8, 4) is 17.1 Å². The van der Waals surface area contributed by atoms with Gasteiger partial charge in [-0.15, -0.1) is 10.2 Å².